The third kappa shape index (κ3) is 3.58. The summed E-state index contributed by atoms with van der Waals surface area (Å²) in [4.78, 5) is 29.1. The smallest absolute Gasteiger partial charge is 0.337 e. The van der Waals surface area contributed by atoms with E-state index in [0.717, 1.165) is 29.1 Å². The van der Waals surface area contributed by atoms with Crippen molar-refractivity contribution >= 4 is 17.2 Å². The Morgan fingerprint density at radius 1 is 1.06 bits per heavy atom. The van der Waals surface area contributed by atoms with Crippen molar-refractivity contribution in [2.24, 2.45) is 14.1 Å². The average molecular weight is 449 g/mol. The second kappa shape index (κ2) is 8.23. The van der Waals surface area contributed by atoms with Crippen molar-refractivity contribution in [3.05, 3.63) is 75.9 Å². The number of hydrogen-bond donors (Lipinski definition) is 0. The summed E-state index contributed by atoms with van der Waals surface area (Å²) in [6, 6.07) is 15.4. The number of nitrogens with zero attached hydrogens (tertiary/aromatic N) is 6. The monoisotopic (exact) mass is 448 g/mol. The van der Waals surface area contributed by atoms with Crippen molar-refractivity contribution in [3.63, 3.8) is 0 Å². The fourth-order valence-electron chi connectivity index (χ4n) is 4.31. The predicted octanol–water partition coefficient (Wildman–Crippen LogP) is 3.05. The zero-order valence-corrected chi connectivity index (χ0v) is 18.8. The molecule has 8 nitrogen and oxygen atoms in total. The lowest BCUT2D eigenvalue weighted by Gasteiger charge is -2.32. The predicted molar refractivity (Wildman–Crippen MR) is 123 cm³/mol. The molecule has 1 aliphatic rings. The maximum atomic E-state index is 13.4. The number of thiophene rings is 1. The van der Waals surface area contributed by atoms with Gasteiger partial charge in [-0.1, -0.05) is 24.3 Å². The van der Waals surface area contributed by atoms with Crippen molar-refractivity contribution in [3.8, 4) is 16.3 Å². The minimum Gasteiger partial charge on any atom is -0.337 e. The van der Waals surface area contributed by atoms with Gasteiger partial charge in [0.15, 0.2) is 0 Å². The quantitative estimate of drug-likeness (QED) is 0.481. The van der Waals surface area contributed by atoms with Gasteiger partial charge in [-0.25, -0.2) is 14.0 Å². The fourth-order valence-corrected chi connectivity index (χ4v) is 5.00. The van der Waals surface area contributed by atoms with Crippen LogP contribution in [0.1, 0.15) is 35.1 Å². The minimum absolute atomic E-state index is 0.0215. The van der Waals surface area contributed by atoms with Crippen LogP contribution in [0, 0.1) is 0 Å². The number of benzene rings is 1. The van der Waals surface area contributed by atoms with Crippen LogP contribution in [0.3, 0.4) is 0 Å². The Labute approximate surface area is 189 Å². The van der Waals surface area contributed by atoms with Gasteiger partial charge >= 0.3 is 5.69 Å². The molecule has 0 radical (unpaired) electrons. The zero-order chi connectivity index (χ0) is 22.2. The van der Waals surface area contributed by atoms with Crippen molar-refractivity contribution in [1.29, 1.82) is 0 Å². The van der Waals surface area contributed by atoms with E-state index >= 15 is 0 Å². The fraction of sp³-hybridized carbons (Fsp3) is 0.304. The van der Waals surface area contributed by atoms with E-state index in [4.69, 9.17) is 0 Å². The Kier molecular flexibility index (Phi) is 5.26. The van der Waals surface area contributed by atoms with Crippen molar-refractivity contribution in [1.82, 2.24) is 29.0 Å². The van der Waals surface area contributed by atoms with Gasteiger partial charge in [-0.15, -0.1) is 11.3 Å². The first kappa shape index (κ1) is 20.4. The topological polar surface area (TPSA) is 78.0 Å². The summed E-state index contributed by atoms with van der Waals surface area (Å²) in [5, 5.41) is 11.1. The molecule has 0 N–H and O–H groups in total. The molecular formula is C23H24N6O2S. The highest BCUT2D eigenvalue weighted by Crippen LogP contribution is 2.29. The van der Waals surface area contributed by atoms with E-state index in [1.807, 2.05) is 58.8 Å². The molecule has 1 fully saturated rings. The summed E-state index contributed by atoms with van der Waals surface area (Å²) in [5.74, 6) is 0.634. The summed E-state index contributed by atoms with van der Waals surface area (Å²) in [6.07, 6.45) is 1.73. The van der Waals surface area contributed by atoms with E-state index < -0.39 is 0 Å². The van der Waals surface area contributed by atoms with Gasteiger partial charge in [-0.3, -0.25) is 9.48 Å². The molecule has 4 heterocycles. The zero-order valence-electron chi connectivity index (χ0n) is 18.0. The molecule has 0 aliphatic carbocycles. The molecule has 0 spiro atoms. The Morgan fingerprint density at radius 2 is 1.88 bits per heavy atom. The standard InChI is InChI=1S/C23H24N6O2S/c1-26-19(14-18(24-26)20-11-7-13-32-20)22(30)28-12-6-8-16(15-28)21-25-27(2)23(31)29(21)17-9-4-3-5-10-17/h3-5,7,9-11,13-14,16H,6,8,12,15H2,1-2H3. The van der Waals surface area contributed by atoms with Gasteiger partial charge in [0.05, 0.1) is 10.6 Å². The SMILES string of the molecule is Cn1nc(-c2cccs2)cc1C(=O)N1CCCC(c2nn(C)c(=O)n2-c2ccccc2)C1. The van der Waals surface area contributed by atoms with E-state index in [1.54, 1.807) is 34.7 Å². The Hall–Kier alpha value is -3.46. The number of piperidine rings is 1. The average Bonchev–Trinajstić information content (AvgIpc) is 3.54. The molecule has 1 unspecified atom stereocenters. The summed E-state index contributed by atoms with van der Waals surface area (Å²) >= 11 is 1.60. The maximum absolute atomic E-state index is 13.4. The highest BCUT2D eigenvalue weighted by molar-refractivity contribution is 7.13. The number of likely N-dealkylation sites (tertiary alicyclic amines) is 1. The third-order valence-corrected chi connectivity index (χ3v) is 6.80. The number of amides is 1. The van der Waals surface area contributed by atoms with Crippen LogP contribution in [0.15, 0.2) is 58.7 Å². The molecule has 32 heavy (non-hydrogen) atoms. The molecule has 1 saturated heterocycles. The van der Waals surface area contributed by atoms with Crippen molar-refractivity contribution in [2.45, 2.75) is 18.8 Å². The highest BCUT2D eigenvalue weighted by atomic mass is 32.1. The molecule has 3 aromatic heterocycles. The molecule has 9 heteroatoms. The van der Waals surface area contributed by atoms with Gasteiger partial charge in [0.2, 0.25) is 0 Å². The van der Waals surface area contributed by atoms with Crippen LogP contribution in [-0.4, -0.2) is 48.0 Å². The van der Waals surface area contributed by atoms with Crippen LogP contribution in [0.2, 0.25) is 0 Å². The van der Waals surface area contributed by atoms with Crippen LogP contribution in [0.5, 0.6) is 0 Å². The maximum Gasteiger partial charge on any atom is 0.350 e. The Morgan fingerprint density at radius 3 is 2.62 bits per heavy atom. The number of aromatic nitrogens is 5. The van der Waals surface area contributed by atoms with E-state index in [1.165, 1.54) is 4.68 Å². The van der Waals surface area contributed by atoms with Gasteiger partial charge in [-0.05, 0) is 42.5 Å². The number of aryl methyl sites for hydroxylation is 2. The second-order valence-electron chi connectivity index (χ2n) is 8.04. The van der Waals surface area contributed by atoms with Gasteiger partial charge in [-0.2, -0.15) is 10.2 Å². The normalized spacial score (nSPS) is 16.4. The lowest BCUT2D eigenvalue weighted by molar-refractivity contribution is 0.0692. The van der Waals surface area contributed by atoms with E-state index in [2.05, 4.69) is 10.2 Å². The lowest BCUT2D eigenvalue weighted by atomic mass is 9.96. The van der Waals surface area contributed by atoms with E-state index in [9.17, 15) is 9.59 Å². The van der Waals surface area contributed by atoms with Crippen LogP contribution < -0.4 is 5.69 Å². The first-order valence-corrected chi connectivity index (χ1v) is 11.5. The van der Waals surface area contributed by atoms with Crippen molar-refractivity contribution in [2.75, 3.05) is 13.1 Å². The molecule has 5 rings (SSSR count). The number of para-hydroxylation sites is 1. The van der Waals surface area contributed by atoms with E-state index in [0.29, 0.717) is 24.6 Å². The summed E-state index contributed by atoms with van der Waals surface area (Å²) in [7, 11) is 3.47. The lowest BCUT2D eigenvalue weighted by Crippen LogP contribution is -2.40. The minimum atomic E-state index is -0.179. The van der Waals surface area contributed by atoms with Gasteiger partial charge in [0, 0.05) is 33.1 Å². The molecule has 1 amide bonds. The second-order valence-corrected chi connectivity index (χ2v) is 8.99. The van der Waals surface area contributed by atoms with Crippen LogP contribution >= 0.6 is 11.3 Å². The molecule has 4 aromatic rings. The van der Waals surface area contributed by atoms with Gasteiger partial charge < -0.3 is 4.90 Å². The molecular weight excluding hydrogens is 424 g/mol. The van der Waals surface area contributed by atoms with Crippen LogP contribution in [-0.2, 0) is 14.1 Å². The molecule has 164 valence electrons. The number of hydrogen-bond acceptors (Lipinski definition) is 5. The Bertz CT molecular complexity index is 1300. The van der Waals surface area contributed by atoms with E-state index in [-0.39, 0.29) is 17.5 Å². The van der Waals surface area contributed by atoms with Crippen molar-refractivity contribution < 1.29 is 4.79 Å². The number of rotatable bonds is 4. The number of carbonyl (C=O) groups is 1. The van der Waals surface area contributed by atoms with Crippen LogP contribution in [0.4, 0.5) is 0 Å². The summed E-state index contributed by atoms with van der Waals surface area (Å²) in [5.41, 5.74) is 1.98. The van der Waals surface area contributed by atoms with Gasteiger partial charge in [0.1, 0.15) is 17.2 Å². The summed E-state index contributed by atoms with van der Waals surface area (Å²) in [6.45, 7) is 1.19. The molecule has 0 saturated carbocycles. The Balaban J connectivity index is 1.43. The molecule has 1 aliphatic heterocycles. The largest absolute Gasteiger partial charge is 0.350 e. The van der Waals surface area contributed by atoms with Crippen LogP contribution in [0.25, 0.3) is 16.3 Å². The molecule has 1 aromatic carbocycles. The highest BCUT2D eigenvalue weighted by Gasteiger charge is 2.31. The molecule has 0 bridgehead atoms. The molecule has 1 atom stereocenters. The first-order chi connectivity index (χ1) is 15.5. The third-order valence-electron chi connectivity index (χ3n) is 5.91. The summed E-state index contributed by atoms with van der Waals surface area (Å²) < 4.78 is 4.69. The van der Waals surface area contributed by atoms with Gasteiger partial charge in [0.25, 0.3) is 5.91 Å². The number of carbonyl (C=O) groups excluding carboxylic acids is 1. The first-order valence-electron chi connectivity index (χ1n) is 10.6.